The molecule has 0 radical (unpaired) electrons. The van der Waals surface area contributed by atoms with Crippen LogP contribution in [0.4, 0.5) is 5.69 Å². The number of amides is 1. The lowest BCUT2D eigenvalue weighted by Crippen LogP contribution is -2.39. The van der Waals surface area contributed by atoms with Crippen LogP contribution in [-0.4, -0.2) is 39.8 Å². The molecule has 0 saturated heterocycles. The third kappa shape index (κ3) is 3.50. The Morgan fingerprint density at radius 2 is 2.16 bits per heavy atom. The number of thiophene rings is 1. The number of rotatable bonds is 5. The SMILES string of the molecule is CCCN1C(=O)COc2ccc(C(=O)Cn3nnc4sc5c(c4c3=O)CCC(C)C5)cc21. The van der Waals surface area contributed by atoms with Gasteiger partial charge in [-0.2, -0.15) is 0 Å². The van der Waals surface area contributed by atoms with Crippen molar-refractivity contribution in [2.45, 2.75) is 46.1 Å². The highest BCUT2D eigenvalue weighted by atomic mass is 32.1. The molecule has 2 aromatic heterocycles. The first-order valence-corrected chi connectivity index (χ1v) is 11.8. The Labute approximate surface area is 188 Å². The van der Waals surface area contributed by atoms with E-state index in [1.807, 2.05) is 6.92 Å². The van der Waals surface area contributed by atoms with E-state index in [0.29, 0.717) is 39.7 Å². The third-order valence-corrected chi connectivity index (χ3v) is 7.29. The molecule has 1 unspecified atom stereocenters. The first-order chi connectivity index (χ1) is 15.5. The molecule has 0 bridgehead atoms. The number of hydrogen-bond acceptors (Lipinski definition) is 7. The molecule has 32 heavy (non-hydrogen) atoms. The number of carbonyl (C=O) groups excluding carboxylic acids is 2. The number of Topliss-reactive ketones (excluding diaryl/α,β-unsaturated/α-hetero) is 1. The predicted molar refractivity (Wildman–Crippen MR) is 122 cm³/mol. The lowest BCUT2D eigenvalue weighted by atomic mass is 9.89. The maximum atomic E-state index is 13.2. The summed E-state index contributed by atoms with van der Waals surface area (Å²) < 4.78 is 6.66. The van der Waals surface area contributed by atoms with E-state index in [0.717, 1.165) is 35.9 Å². The van der Waals surface area contributed by atoms with E-state index in [1.165, 1.54) is 16.2 Å². The largest absolute Gasteiger partial charge is 0.482 e. The molecule has 1 amide bonds. The van der Waals surface area contributed by atoms with Crippen LogP contribution in [0.1, 0.15) is 47.5 Å². The van der Waals surface area contributed by atoms with Gasteiger partial charge in [0.2, 0.25) is 0 Å². The normalized spacial score (nSPS) is 17.8. The smallest absolute Gasteiger partial charge is 0.279 e. The van der Waals surface area contributed by atoms with E-state index < -0.39 is 0 Å². The van der Waals surface area contributed by atoms with E-state index in [-0.39, 0.29) is 30.4 Å². The standard InChI is InChI=1S/C23H24N4O4S/c1-3-8-26-16-10-14(5-7-18(16)31-12-20(26)29)17(28)11-27-23(30)21-15-6-4-13(2)9-19(15)32-22(21)24-25-27/h5,7,10,13H,3-4,6,8-9,11-12H2,1-2H3. The first kappa shape index (κ1) is 20.8. The molecule has 0 saturated carbocycles. The monoisotopic (exact) mass is 452 g/mol. The van der Waals surface area contributed by atoms with Crippen molar-refractivity contribution in [1.29, 1.82) is 0 Å². The number of nitrogens with zero attached hydrogens (tertiary/aromatic N) is 4. The molecular weight excluding hydrogens is 428 g/mol. The predicted octanol–water partition coefficient (Wildman–Crippen LogP) is 3.00. The maximum Gasteiger partial charge on any atom is 0.279 e. The third-order valence-electron chi connectivity index (χ3n) is 6.15. The number of hydrogen-bond donors (Lipinski definition) is 0. The van der Waals surface area contributed by atoms with Crippen LogP contribution in [0.5, 0.6) is 5.75 Å². The van der Waals surface area contributed by atoms with Crippen molar-refractivity contribution in [3.63, 3.8) is 0 Å². The zero-order valence-electron chi connectivity index (χ0n) is 18.1. The van der Waals surface area contributed by atoms with Gasteiger partial charge >= 0.3 is 0 Å². The Morgan fingerprint density at radius 3 is 2.97 bits per heavy atom. The lowest BCUT2D eigenvalue weighted by molar-refractivity contribution is -0.121. The quantitative estimate of drug-likeness (QED) is 0.553. The van der Waals surface area contributed by atoms with Gasteiger partial charge in [-0.1, -0.05) is 19.1 Å². The maximum absolute atomic E-state index is 13.2. The van der Waals surface area contributed by atoms with E-state index in [1.54, 1.807) is 23.1 Å². The van der Waals surface area contributed by atoms with Crippen molar-refractivity contribution in [2.75, 3.05) is 18.1 Å². The summed E-state index contributed by atoms with van der Waals surface area (Å²) in [5.74, 6) is 0.773. The Morgan fingerprint density at radius 1 is 1.31 bits per heavy atom. The van der Waals surface area contributed by atoms with Crippen LogP contribution in [0.15, 0.2) is 23.0 Å². The molecular formula is C23H24N4O4S. The zero-order valence-corrected chi connectivity index (χ0v) is 18.9. The Kier molecular flexibility index (Phi) is 5.28. The molecule has 0 fully saturated rings. The number of fused-ring (bicyclic) bond motifs is 4. The minimum Gasteiger partial charge on any atom is -0.482 e. The fourth-order valence-corrected chi connectivity index (χ4v) is 5.79. The minimum absolute atomic E-state index is 0.00493. The highest BCUT2D eigenvalue weighted by Gasteiger charge is 2.27. The van der Waals surface area contributed by atoms with Gasteiger partial charge in [-0.05, 0) is 55.4 Å². The topological polar surface area (TPSA) is 94.4 Å². The fraction of sp³-hybridized carbons (Fsp3) is 0.435. The van der Waals surface area contributed by atoms with Crippen molar-refractivity contribution >= 4 is 38.9 Å². The second-order valence-corrected chi connectivity index (χ2v) is 9.61. The molecule has 1 aliphatic carbocycles. The second kappa shape index (κ2) is 8.12. The molecule has 3 heterocycles. The molecule has 1 aromatic carbocycles. The van der Waals surface area contributed by atoms with Gasteiger partial charge in [0.15, 0.2) is 17.2 Å². The number of ether oxygens (including phenoxy) is 1. The van der Waals surface area contributed by atoms with Gasteiger partial charge in [0.25, 0.3) is 11.5 Å². The van der Waals surface area contributed by atoms with Gasteiger partial charge in [0.1, 0.15) is 12.3 Å². The van der Waals surface area contributed by atoms with Gasteiger partial charge < -0.3 is 9.64 Å². The average molecular weight is 453 g/mol. The Hall–Kier alpha value is -3.07. The summed E-state index contributed by atoms with van der Waals surface area (Å²) in [6.07, 6.45) is 3.65. The number of anilines is 1. The zero-order chi connectivity index (χ0) is 22.4. The van der Waals surface area contributed by atoms with Crippen LogP contribution >= 0.6 is 11.3 Å². The van der Waals surface area contributed by atoms with Gasteiger partial charge in [0, 0.05) is 17.0 Å². The number of carbonyl (C=O) groups is 2. The number of benzene rings is 1. The molecule has 8 nitrogen and oxygen atoms in total. The van der Waals surface area contributed by atoms with E-state index >= 15 is 0 Å². The molecule has 166 valence electrons. The van der Waals surface area contributed by atoms with Gasteiger partial charge in [-0.3, -0.25) is 14.4 Å². The molecule has 1 atom stereocenters. The molecule has 9 heteroatoms. The molecule has 3 aromatic rings. The number of aryl methyl sites for hydroxylation is 1. The van der Waals surface area contributed by atoms with Crippen molar-refractivity contribution in [3.05, 3.63) is 44.6 Å². The van der Waals surface area contributed by atoms with Crippen molar-refractivity contribution in [1.82, 2.24) is 15.0 Å². The summed E-state index contributed by atoms with van der Waals surface area (Å²) >= 11 is 1.54. The van der Waals surface area contributed by atoms with Crippen LogP contribution < -0.4 is 15.2 Å². The molecule has 0 spiro atoms. The fourth-order valence-electron chi connectivity index (χ4n) is 4.47. The van der Waals surface area contributed by atoms with Gasteiger partial charge in [-0.15, -0.1) is 16.4 Å². The first-order valence-electron chi connectivity index (χ1n) is 10.9. The summed E-state index contributed by atoms with van der Waals surface area (Å²) in [6.45, 7) is 4.55. The average Bonchev–Trinajstić information content (AvgIpc) is 3.15. The van der Waals surface area contributed by atoms with E-state index in [4.69, 9.17) is 4.74 Å². The summed E-state index contributed by atoms with van der Waals surface area (Å²) in [4.78, 5) is 42.0. The van der Waals surface area contributed by atoms with Gasteiger partial charge in [-0.25, -0.2) is 4.68 Å². The van der Waals surface area contributed by atoms with Crippen molar-refractivity contribution in [3.8, 4) is 5.75 Å². The summed E-state index contributed by atoms with van der Waals surface area (Å²) in [6, 6.07) is 5.02. The lowest BCUT2D eigenvalue weighted by Gasteiger charge is -2.29. The number of aromatic nitrogens is 3. The molecule has 1 aliphatic heterocycles. The Bertz CT molecular complexity index is 1300. The Balaban J connectivity index is 1.46. The van der Waals surface area contributed by atoms with Crippen molar-refractivity contribution in [2.24, 2.45) is 5.92 Å². The van der Waals surface area contributed by atoms with Gasteiger partial charge in [0.05, 0.1) is 11.1 Å². The molecule has 2 aliphatic rings. The minimum atomic E-state index is -0.268. The highest BCUT2D eigenvalue weighted by Crippen LogP contribution is 2.35. The van der Waals surface area contributed by atoms with E-state index in [9.17, 15) is 14.4 Å². The van der Waals surface area contributed by atoms with Crippen molar-refractivity contribution < 1.29 is 14.3 Å². The second-order valence-electron chi connectivity index (χ2n) is 8.52. The summed E-state index contributed by atoms with van der Waals surface area (Å²) in [7, 11) is 0. The van der Waals surface area contributed by atoms with Crippen LogP contribution in [0.25, 0.3) is 10.2 Å². The van der Waals surface area contributed by atoms with Crippen LogP contribution in [0.3, 0.4) is 0 Å². The molecule has 5 rings (SSSR count). The van der Waals surface area contributed by atoms with Crippen LogP contribution in [0, 0.1) is 5.92 Å². The van der Waals surface area contributed by atoms with Crippen LogP contribution in [-0.2, 0) is 24.2 Å². The summed E-state index contributed by atoms with van der Waals surface area (Å²) in [5, 5.41) is 8.88. The van der Waals surface area contributed by atoms with E-state index in [2.05, 4.69) is 17.2 Å². The van der Waals surface area contributed by atoms with Crippen LogP contribution in [0.2, 0.25) is 0 Å². The summed E-state index contributed by atoms with van der Waals surface area (Å²) in [5.41, 5.74) is 1.80. The molecule has 0 N–H and O–H groups in total. The number of ketones is 1. The highest BCUT2D eigenvalue weighted by molar-refractivity contribution is 7.18.